The van der Waals surface area contributed by atoms with E-state index in [4.69, 9.17) is 9.16 Å². The van der Waals surface area contributed by atoms with Crippen LogP contribution < -0.4 is 4.98 Å². The minimum Gasteiger partial charge on any atom is -0.406 e. The fourth-order valence-corrected chi connectivity index (χ4v) is 6.27. The predicted molar refractivity (Wildman–Crippen MR) is 87.0 cm³/mol. The summed E-state index contributed by atoms with van der Waals surface area (Å²) in [6.45, 7) is 6.30. The Morgan fingerprint density at radius 1 is 1.15 bits per heavy atom. The van der Waals surface area contributed by atoms with Gasteiger partial charge >= 0.3 is 0 Å². The van der Waals surface area contributed by atoms with Gasteiger partial charge in [0, 0.05) is 26.9 Å². The minimum absolute atomic E-state index is 0.639. The molecule has 0 radical (unpaired) electrons. The van der Waals surface area contributed by atoms with E-state index in [-0.39, 0.29) is 0 Å². The molecular formula is C16H29NO2Si. The second-order valence-corrected chi connectivity index (χ2v) is 9.24. The van der Waals surface area contributed by atoms with Crippen LogP contribution in [0.1, 0.15) is 25.8 Å². The van der Waals surface area contributed by atoms with Crippen LogP contribution in [0.4, 0.5) is 0 Å². The normalized spacial score (nSPS) is 14.4. The standard InChI is InChI=1S/C16H29NO2Si/c1-15(2)13-20(19-4,17-11-8-12-18-3)14-16-9-6-5-7-10-16/h5-7,9-10,15,17H,8,11-14H2,1-4H3. The summed E-state index contributed by atoms with van der Waals surface area (Å²) >= 11 is 0. The van der Waals surface area contributed by atoms with Crippen molar-refractivity contribution in [1.29, 1.82) is 0 Å². The molecule has 1 rings (SSSR count). The van der Waals surface area contributed by atoms with Crippen LogP contribution in [0, 0.1) is 5.92 Å². The second-order valence-electron chi connectivity index (χ2n) is 5.73. The molecule has 1 aromatic rings. The van der Waals surface area contributed by atoms with E-state index >= 15 is 0 Å². The highest BCUT2D eigenvalue weighted by Crippen LogP contribution is 2.20. The largest absolute Gasteiger partial charge is 0.406 e. The lowest BCUT2D eigenvalue weighted by Crippen LogP contribution is -2.56. The van der Waals surface area contributed by atoms with Gasteiger partial charge in [-0.1, -0.05) is 44.2 Å². The highest BCUT2D eigenvalue weighted by molar-refractivity contribution is 6.70. The van der Waals surface area contributed by atoms with Gasteiger partial charge in [0.2, 0.25) is 0 Å². The van der Waals surface area contributed by atoms with Crippen molar-refractivity contribution in [2.75, 3.05) is 27.4 Å². The fraction of sp³-hybridized carbons (Fsp3) is 0.625. The topological polar surface area (TPSA) is 30.5 Å². The van der Waals surface area contributed by atoms with Crippen LogP contribution in [0.3, 0.4) is 0 Å². The monoisotopic (exact) mass is 295 g/mol. The summed E-state index contributed by atoms with van der Waals surface area (Å²) in [5.74, 6) is 0.639. The van der Waals surface area contributed by atoms with Gasteiger partial charge in [0.1, 0.15) is 0 Å². The summed E-state index contributed by atoms with van der Waals surface area (Å²) in [4.78, 5) is 3.73. The van der Waals surface area contributed by atoms with Gasteiger partial charge in [0.05, 0.1) is 0 Å². The molecule has 0 aliphatic rings. The molecule has 1 N–H and O–H groups in total. The van der Waals surface area contributed by atoms with E-state index in [1.807, 2.05) is 7.11 Å². The smallest absolute Gasteiger partial charge is 0.273 e. The van der Waals surface area contributed by atoms with E-state index in [0.29, 0.717) is 5.92 Å². The first-order chi connectivity index (χ1) is 9.62. The molecule has 3 nitrogen and oxygen atoms in total. The molecule has 4 heteroatoms. The molecule has 0 aromatic heterocycles. The van der Waals surface area contributed by atoms with Crippen LogP contribution in [-0.2, 0) is 15.2 Å². The molecule has 1 atom stereocenters. The molecule has 114 valence electrons. The zero-order valence-corrected chi connectivity index (χ0v) is 14.3. The molecule has 0 spiro atoms. The van der Waals surface area contributed by atoms with Gasteiger partial charge in [0.15, 0.2) is 0 Å². The predicted octanol–water partition coefficient (Wildman–Crippen LogP) is 3.14. The number of methoxy groups -OCH3 is 1. The van der Waals surface area contributed by atoms with Crippen LogP contribution in [0.15, 0.2) is 30.3 Å². The van der Waals surface area contributed by atoms with Gasteiger partial charge < -0.3 is 14.1 Å². The van der Waals surface area contributed by atoms with Gasteiger partial charge in [0.25, 0.3) is 8.48 Å². The Bertz CT molecular complexity index is 359. The quantitative estimate of drug-likeness (QED) is 0.531. The van der Waals surface area contributed by atoms with Crippen LogP contribution in [0.5, 0.6) is 0 Å². The van der Waals surface area contributed by atoms with E-state index < -0.39 is 8.48 Å². The summed E-state index contributed by atoms with van der Waals surface area (Å²) < 4.78 is 11.1. The average molecular weight is 295 g/mol. The Balaban J connectivity index is 2.70. The highest BCUT2D eigenvalue weighted by Gasteiger charge is 2.34. The summed E-state index contributed by atoms with van der Waals surface area (Å²) in [6, 6.07) is 12.8. The third-order valence-corrected chi connectivity index (χ3v) is 7.56. The zero-order valence-electron chi connectivity index (χ0n) is 13.3. The summed E-state index contributed by atoms with van der Waals surface area (Å²) in [5.41, 5.74) is 1.36. The van der Waals surface area contributed by atoms with Crippen molar-refractivity contribution < 1.29 is 9.16 Å². The summed E-state index contributed by atoms with van der Waals surface area (Å²) in [6.07, 6.45) is 1.03. The maximum Gasteiger partial charge on any atom is 0.273 e. The SMILES string of the molecule is COCCCN[Si](Cc1ccccc1)(CC(C)C)OC. The summed E-state index contributed by atoms with van der Waals surface area (Å²) in [5, 5.41) is 0. The lowest BCUT2D eigenvalue weighted by Gasteiger charge is -2.32. The number of nitrogens with one attached hydrogen (secondary N) is 1. The van der Waals surface area contributed by atoms with Gasteiger partial charge in [-0.3, -0.25) is 0 Å². The third kappa shape index (κ3) is 6.18. The molecule has 1 aromatic carbocycles. The Morgan fingerprint density at radius 3 is 2.40 bits per heavy atom. The second kappa shape index (κ2) is 9.29. The lowest BCUT2D eigenvalue weighted by molar-refractivity contribution is 0.195. The van der Waals surface area contributed by atoms with E-state index in [1.165, 1.54) is 5.56 Å². The first kappa shape index (κ1) is 17.4. The van der Waals surface area contributed by atoms with E-state index in [1.54, 1.807) is 7.11 Å². The summed E-state index contributed by atoms with van der Waals surface area (Å²) in [7, 11) is 1.68. The molecule has 0 saturated carbocycles. The molecule has 0 fully saturated rings. The highest BCUT2D eigenvalue weighted by atomic mass is 28.4. The Kier molecular flexibility index (Phi) is 8.07. The number of hydrogen-bond acceptors (Lipinski definition) is 3. The van der Waals surface area contributed by atoms with Crippen molar-refractivity contribution in [2.24, 2.45) is 5.92 Å². The van der Waals surface area contributed by atoms with Crippen molar-refractivity contribution >= 4 is 8.48 Å². The molecule has 0 heterocycles. The lowest BCUT2D eigenvalue weighted by atomic mass is 10.2. The van der Waals surface area contributed by atoms with Crippen LogP contribution >= 0.6 is 0 Å². The molecule has 20 heavy (non-hydrogen) atoms. The van der Waals surface area contributed by atoms with Gasteiger partial charge in [-0.15, -0.1) is 0 Å². The van der Waals surface area contributed by atoms with Crippen LogP contribution in [-0.4, -0.2) is 35.9 Å². The van der Waals surface area contributed by atoms with Gasteiger partial charge in [-0.2, -0.15) is 0 Å². The van der Waals surface area contributed by atoms with Crippen LogP contribution in [0.2, 0.25) is 6.04 Å². The maximum atomic E-state index is 6.02. The number of rotatable bonds is 10. The molecule has 0 bridgehead atoms. The maximum absolute atomic E-state index is 6.02. The molecule has 0 amide bonds. The van der Waals surface area contributed by atoms with Crippen molar-refractivity contribution in [3.63, 3.8) is 0 Å². The minimum atomic E-state index is -1.93. The van der Waals surface area contributed by atoms with Crippen molar-refractivity contribution in [3.05, 3.63) is 35.9 Å². The number of ether oxygens (including phenoxy) is 1. The van der Waals surface area contributed by atoms with Crippen molar-refractivity contribution in [2.45, 2.75) is 32.4 Å². The first-order valence-corrected chi connectivity index (χ1v) is 9.77. The Hall–Kier alpha value is -0.683. The molecular weight excluding hydrogens is 266 g/mol. The van der Waals surface area contributed by atoms with E-state index in [9.17, 15) is 0 Å². The first-order valence-electron chi connectivity index (χ1n) is 7.45. The van der Waals surface area contributed by atoms with E-state index in [0.717, 1.165) is 31.7 Å². The Labute approximate surface area is 124 Å². The molecule has 1 unspecified atom stereocenters. The number of benzene rings is 1. The van der Waals surface area contributed by atoms with Gasteiger partial charge in [-0.05, 0) is 30.5 Å². The number of hydrogen-bond donors (Lipinski definition) is 1. The molecule has 0 saturated heterocycles. The molecule has 0 aliphatic carbocycles. The molecule has 0 aliphatic heterocycles. The van der Waals surface area contributed by atoms with Crippen molar-refractivity contribution in [1.82, 2.24) is 4.98 Å². The Morgan fingerprint density at radius 2 is 1.85 bits per heavy atom. The average Bonchev–Trinajstić information content (AvgIpc) is 2.44. The van der Waals surface area contributed by atoms with Crippen molar-refractivity contribution in [3.8, 4) is 0 Å². The fourth-order valence-electron chi connectivity index (χ4n) is 2.55. The third-order valence-electron chi connectivity index (χ3n) is 3.43. The van der Waals surface area contributed by atoms with Crippen LogP contribution in [0.25, 0.3) is 0 Å². The zero-order chi connectivity index (χ0) is 14.8. The van der Waals surface area contributed by atoms with Gasteiger partial charge in [-0.25, -0.2) is 0 Å². The van der Waals surface area contributed by atoms with E-state index in [2.05, 4.69) is 49.2 Å².